The lowest BCUT2D eigenvalue weighted by Crippen LogP contribution is -2.49. The smallest absolute Gasteiger partial charge is 0.271 e. The standard InChI is InChI=1S/C25H23ClFN5O3S/c1-35-14-19-12-31-10-17(20-8-23(29-9-21(20)26)30-25-28-4-5-36-25)7-22(31)24(34)32(19)11-16-6-18(27)3-2-15(16)13-33/h2-10,19,33H,11-14H2,1H3,(H,28,29,30). The van der Waals surface area contributed by atoms with Crippen LogP contribution in [-0.2, 0) is 24.4 Å². The molecular formula is C25H23ClFN5O3S. The Hall–Kier alpha value is -3.31. The first-order valence-electron chi connectivity index (χ1n) is 11.2. The minimum atomic E-state index is -0.421. The molecule has 0 spiro atoms. The normalized spacial score (nSPS) is 15.3. The number of halogens is 2. The van der Waals surface area contributed by atoms with Crippen LogP contribution in [0.25, 0.3) is 11.1 Å². The van der Waals surface area contributed by atoms with Crippen LogP contribution in [0.5, 0.6) is 0 Å². The summed E-state index contributed by atoms with van der Waals surface area (Å²) in [5, 5.41) is 15.9. The van der Waals surface area contributed by atoms with Crippen molar-refractivity contribution >= 4 is 39.8 Å². The maximum atomic E-state index is 14.0. The molecule has 186 valence electrons. The summed E-state index contributed by atoms with van der Waals surface area (Å²) in [5.41, 5.74) is 3.12. The topological polar surface area (TPSA) is 92.5 Å². The Morgan fingerprint density at radius 3 is 2.89 bits per heavy atom. The molecule has 4 heterocycles. The van der Waals surface area contributed by atoms with Gasteiger partial charge < -0.3 is 24.6 Å². The van der Waals surface area contributed by atoms with Crippen LogP contribution in [-0.4, -0.2) is 50.2 Å². The monoisotopic (exact) mass is 527 g/mol. The molecule has 0 radical (unpaired) electrons. The van der Waals surface area contributed by atoms with Crippen molar-refractivity contribution in [2.45, 2.75) is 25.7 Å². The lowest BCUT2D eigenvalue weighted by Gasteiger charge is -2.36. The van der Waals surface area contributed by atoms with E-state index < -0.39 is 5.82 Å². The van der Waals surface area contributed by atoms with E-state index in [1.807, 2.05) is 22.2 Å². The zero-order valence-corrected chi connectivity index (χ0v) is 20.9. The van der Waals surface area contributed by atoms with Gasteiger partial charge in [0, 0.05) is 55.3 Å². The van der Waals surface area contributed by atoms with E-state index >= 15 is 0 Å². The molecule has 1 aliphatic rings. The quantitative estimate of drug-likeness (QED) is 0.345. The fourth-order valence-corrected chi connectivity index (χ4v) is 5.11. The van der Waals surface area contributed by atoms with Gasteiger partial charge in [0.25, 0.3) is 5.91 Å². The van der Waals surface area contributed by atoms with Gasteiger partial charge in [-0.25, -0.2) is 14.4 Å². The number of pyridine rings is 1. The first kappa shape index (κ1) is 24.4. The first-order chi connectivity index (χ1) is 17.5. The fourth-order valence-electron chi connectivity index (χ4n) is 4.36. The second-order valence-corrected chi connectivity index (χ2v) is 9.69. The number of fused-ring (bicyclic) bond motifs is 1. The van der Waals surface area contributed by atoms with Crippen molar-refractivity contribution in [2.24, 2.45) is 0 Å². The Morgan fingerprint density at radius 2 is 2.14 bits per heavy atom. The Morgan fingerprint density at radius 1 is 1.28 bits per heavy atom. The lowest BCUT2D eigenvalue weighted by molar-refractivity contribution is 0.0386. The number of carbonyl (C=O) groups is 1. The highest BCUT2D eigenvalue weighted by molar-refractivity contribution is 7.13. The number of benzene rings is 1. The van der Waals surface area contributed by atoms with Crippen molar-refractivity contribution in [3.8, 4) is 11.1 Å². The van der Waals surface area contributed by atoms with Gasteiger partial charge >= 0.3 is 0 Å². The van der Waals surface area contributed by atoms with Gasteiger partial charge in [0.2, 0.25) is 0 Å². The van der Waals surface area contributed by atoms with Crippen LogP contribution < -0.4 is 5.32 Å². The summed E-state index contributed by atoms with van der Waals surface area (Å²) in [6, 6.07) is 7.53. The van der Waals surface area contributed by atoms with Crippen molar-refractivity contribution in [3.63, 3.8) is 0 Å². The summed E-state index contributed by atoms with van der Waals surface area (Å²) in [6.45, 7) is 0.704. The number of methoxy groups -OCH3 is 1. The average Bonchev–Trinajstić information content (AvgIpc) is 3.53. The number of thiazole rings is 1. The molecule has 0 bridgehead atoms. The third kappa shape index (κ3) is 4.85. The van der Waals surface area contributed by atoms with Gasteiger partial charge in [0.15, 0.2) is 5.13 Å². The average molecular weight is 528 g/mol. The second kappa shape index (κ2) is 10.4. The van der Waals surface area contributed by atoms with E-state index in [4.69, 9.17) is 16.3 Å². The van der Waals surface area contributed by atoms with Crippen LogP contribution in [0, 0.1) is 5.82 Å². The molecule has 3 aromatic heterocycles. The molecular weight excluding hydrogens is 505 g/mol. The molecule has 2 N–H and O–H groups in total. The number of aliphatic hydroxyl groups excluding tert-OH is 1. The van der Waals surface area contributed by atoms with Crippen molar-refractivity contribution < 1.29 is 19.0 Å². The molecule has 8 nitrogen and oxygen atoms in total. The molecule has 0 saturated heterocycles. The maximum absolute atomic E-state index is 14.0. The highest BCUT2D eigenvalue weighted by Crippen LogP contribution is 2.34. The summed E-state index contributed by atoms with van der Waals surface area (Å²) < 4.78 is 21.2. The number of hydrogen-bond acceptors (Lipinski definition) is 7. The Balaban J connectivity index is 1.48. The number of amides is 1. The molecule has 5 rings (SSSR count). The second-order valence-electron chi connectivity index (χ2n) is 8.39. The Labute approximate surface area is 215 Å². The van der Waals surface area contributed by atoms with Gasteiger partial charge in [0.05, 0.1) is 24.3 Å². The minimum Gasteiger partial charge on any atom is -0.392 e. The number of aromatic nitrogens is 3. The number of ether oxygens (including phenoxy) is 1. The van der Waals surface area contributed by atoms with Gasteiger partial charge in [0.1, 0.15) is 17.3 Å². The molecule has 0 saturated carbocycles. The van der Waals surface area contributed by atoms with E-state index in [1.165, 1.54) is 29.5 Å². The molecule has 11 heteroatoms. The number of anilines is 2. The predicted molar refractivity (Wildman–Crippen MR) is 136 cm³/mol. The van der Waals surface area contributed by atoms with E-state index in [1.54, 1.807) is 30.5 Å². The van der Waals surface area contributed by atoms with E-state index in [9.17, 15) is 14.3 Å². The van der Waals surface area contributed by atoms with Crippen molar-refractivity contribution in [1.82, 2.24) is 19.4 Å². The van der Waals surface area contributed by atoms with E-state index in [0.717, 1.165) is 11.1 Å². The highest BCUT2D eigenvalue weighted by atomic mass is 35.5. The minimum absolute atomic E-state index is 0.152. The number of hydrogen-bond donors (Lipinski definition) is 2. The molecule has 1 aromatic carbocycles. The van der Waals surface area contributed by atoms with Gasteiger partial charge in [-0.1, -0.05) is 17.7 Å². The third-order valence-corrected chi connectivity index (χ3v) is 7.09. The van der Waals surface area contributed by atoms with Crippen LogP contribution in [0.3, 0.4) is 0 Å². The number of carbonyl (C=O) groups excluding carboxylic acids is 1. The predicted octanol–water partition coefficient (Wildman–Crippen LogP) is 4.71. The van der Waals surface area contributed by atoms with Crippen LogP contribution in [0.2, 0.25) is 5.02 Å². The van der Waals surface area contributed by atoms with Crippen molar-refractivity contribution in [3.05, 3.63) is 82.0 Å². The largest absolute Gasteiger partial charge is 0.392 e. The van der Waals surface area contributed by atoms with Crippen LogP contribution in [0.15, 0.2) is 54.3 Å². The zero-order valence-electron chi connectivity index (χ0n) is 19.3. The fraction of sp³-hybridized carbons (Fsp3) is 0.240. The van der Waals surface area contributed by atoms with Crippen molar-refractivity contribution in [2.75, 3.05) is 19.0 Å². The summed E-state index contributed by atoms with van der Waals surface area (Å²) in [4.78, 5) is 23.8. The summed E-state index contributed by atoms with van der Waals surface area (Å²) in [6.07, 6.45) is 5.15. The van der Waals surface area contributed by atoms with E-state index in [0.29, 0.717) is 45.9 Å². The van der Waals surface area contributed by atoms with Gasteiger partial charge in [-0.15, -0.1) is 11.3 Å². The van der Waals surface area contributed by atoms with Gasteiger partial charge in [-0.05, 0) is 35.4 Å². The summed E-state index contributed by atoms with van der Waals surface area (Å²) >= 11 is 7.94. The molecule has 0 aliphatic carbocycles. The number of nitrogens with one attached hydrogen (secondary N) is 1. The van der Waals surface area contributed by atoms with Crippen LogP contribution >= 0.6 is 22.9 Å². The molecule has 1 aliphatic heterocycles. The zero-order chi connectivity index (χ0) is 25.2. The number of rotatable bonds is 8. The Bertz CT molecular complexity index is 1390. The lowest BCUT2D eigenvalue weighted by atomic mass is 10.0. The maximum Gasteiger partial charge on any atom is 0.271 e. The molecule has 4 aromatic rings. The van der Waals surface area contributed by atoms with Crippen LogP contribution in [0.1, 0.15) is 21.6 Å². The molecule has 1 amide bonds. The summed E-state index contributed by atoms with van der Waals surface area (Å²) in [5.74, 6) is -0.0505. The van der Waals surface area contributed by atoms with E-state index in [2.05, 4.69) is 15.3 Å². The van der Waals surface area contributed by atoms with Gasteiger partial charge in [-0.2, -0.15) is 0 Å². The van der Waals surface area contributed by atoms with Gasteiger partial charge in [-0.3, -0.25) is 4.79 Å². The SMILES string of the molecule is COCC1Cn2cc(-c3cc(Nc4nccs4)ncc3Cl)cc2C(=O)N1Cc1cc(F)ccc1CO. The van der Waals surface area contributed by atoms with Crippen LogP contribution in [0.4, 0.5) is 15.3 Å². The van der Waals surface area contributed by atoms with Crippen molar-refractivity contribution in [1.29, 1.82) is 0 Å². The molecule has 1 unspecified atom stereocenters. The first-order valence-corrected chi connectivity index (χ1v) is 12.4. The molecule has 36 heavy (non-hydrogen) atoms. The van der Waals surface area contributed by atoms with E-state index in [-0.39, 0.29) is 25.1 Å². The molecule has 1 atom stereocenters. The summed E-state index contributed by atoms with van der Waals surface area (Å²) in [7, 11) is 1.58. The molecule has 0 fully saturated rings. The highest BCUT2D eigenvalue weighted by Gasteiger charge is 2.34. The number of aliphatic hydroxyl groups is 1. The third-order valence-electron chi connectivity index (χ3n) is 6.10. The number of nitrogens with zero attached hydrogens (tertiary/aromatic N) is 4. The Kier molecular flexibility index (Phi) is 7.01.